The van der Waals surface area contributed by atoms with Gasteiger partial charge in [0.25, 0.3) is 11.8 Å². The van der Waals surface area contributed by atoms with Gasteiger partial charge in [0.05, 0.1) is 12.1 Å². The molecule has 0 bridgehead atoms. The third kappa shape index (κ3) is 2.83. The van der Waals surface area contributed by atoms with Gasteiger partial charge in [-0.3, -0.25) is 9.59 Å². The number of rotatable bonds is 2. The number of hydrogen-bond acceptors (Lipinski definition) is 3. The fraction of sp³-hybridized carbons (Fsp3) is 0.385. The van der Waals surface area contributed by atoms with Crippen LogP contribution in [0.1, 0.15) is 23.2 Å². The van der Waals surface area contributed by atoms with E-state index in [9.17, 15) is 19.1 Å². The Morgan fingerprint density at radius 2 is 2.15 bits per heavy atom. The van der Waals surface area contributed by atoms with E-state index in [-0.39, 0.29) is 24.4 Å². The number of halogens is 2. The molecule has 7 heteroatoms. The molecule has 0 aromatic heterocycles. The summed E-state index contributed by atoms with van der Waals surface area (Å²) in [6.45, 7) is 0.267. The molecule has 1 aromatic rings. The number of carbonyl (C=O) groups is 2. The topological polar surface area (TPSA) is 83.6 Å². The highest BCUT2D eigenvalue weighted by molar-refractivity contribution is 9.10. The first-order valence-corrected chi connectivity index (χ1v) is 6.89. The van der Waals surface area contributed by atoms with E-state index in [1.165, 1.54) is 23.1 Å². The highest BCUT2D eigenvalue weighted by Crippen LogP contribution is 2.25. The molecular weight excluding hydrogens is 331 g/mol. The lowest BCUT2D eigenvalue weighted by atomic mass is 9.92. The number of nitrogens with zero attached hydrogens (tertiary/aromatic N) is 1. The smallest absolute Gasteiger partial charge is 0.255 e. The summed E-state index contributed by atoms with van der Waals surface area (Å²) in [4.78, 5) is 25.0. The molecule has 5 nitrogen and oxygen atoms in total. The molecule has 0 saturated carbocycles. The van der Waals surface area contributed by atoms with Gasteiger partial charge in [-0.05, 0) is 47.0 Å². The second kappa shape index (κ2) is 5.49. The van der Waals surface area contributed by atoms with E-state index in [0.29, 0.717) is 17.4 Å². The van der Waals surface area contributed by atoms with Gasteiger partial charge < -0.3 is 15.7 Å². The van der Waals surface area contributed by atoms with Gasteiger partial charge >= 0.3 is 0 Å². The summed E-state index contributed by atoms with van der Waals surface area (Å²) in [7, 11) is 0. The number of nitrogens with two attached hydrogens (primary N) is 1. The summed E-state index contributed by atoms with van der Waals surface area (Å²) in [6, 6.07) is 3.74. The van der Waals surface area contributed by atoms with Crippen molar-refractivity contribution in [1.82, 2.24) is 4.90 Å². The van der Waals surface area contributed by atoms with Gasteiger partial charge in [0, 0.05) is 11.0 Å². The van der Waals surface area contributed by atoms with E-state index >= 15 is 0 Å². The van der Waals surface area contributed by atoms with Crippen LogP contribution >= 0.6 is 15.9 Å². The van der Waals surface area contributed by atoms with Crippen molar-refractivity contribution in [2.45, 2.75) is 18.4 Å². The Balaban J connectivity index is 2.23. The predicted octanol–water partition coefficient (Wildman–Crippen LogP) is 1.04. The van der Waals surface area contributed by atoms with Gasteiger partial charge in [0.1, 0.15) is 5.82 Å². The standard InChI is InChI=1S/C13H14BrFN2O3/c14-10-6-8(15)2-3-9(10)11(18)17-5-1-4-13(20,7-17)12(16)19/h2-3,6,20H,1,4-5,7H2,(H2,16,19). The van der Waals surface area contributed by atoms with Crippen LogP contribution in [-0.4, -0.2) is 40.5 Å². The van der Waals surface area contributed by atoms with Crippen molar-refractivity contribution < 1.29 is 19.1 Å². The lowest BCUT2D eigenvalue weighted by Crippen LogP contribution is -2.57. The fourth-order valence-corrected chi connectivity index (χ4v) is 2.76. The maximum Gasteiger partial charge on any atom is 0.255 e. The second-order valence-corrected chi connectivity index (χ2v) is 5.70. The Hall–Kier alpha value is -1.47. The van der Waals surface area contributed by atoms with Crippen molar-refractivity contribution in [2.24, 2.45) is 5.73 Å². The molecule has 1 unspecified atom stereocenters. The van der Waals surface area contributed by atoms with Gasteiger partial charge in [-0.15, -0.1) is 0 Å². The summed E-state index contributed by atoms with van der Waals surface area (Å²) in [6.07, 6.45) is 0.709. The van der Waals surface area contributed by atoms with Crippen LogP contribution in [0.25, 0.3) is 0 Å². The number of aliphatic hydroxyl groups is 1. The van der Waals surface area contributed by atoms with E-state index in [0.717, 1.165) is 0 Å². The van der Waals surface area contributed by atoms with E-state index in [4.69, 9.17) is 5.73 Å². The Labute approximate surface area is 123 Å². The minimum atomic E-state index is -1.69. The Bertz CT molecular complexity index is 567. The summed E-state index contributed by atoms with van der Waals surface area (Å²) < 4.78 is 13.4. The van der Waals surface area contributed by atoms with Crippen LogP contribution in [0.15, 0.2) is 22.7 Å². The first kappa shape index (κ1) is 14.9. The number of benzene rings is 1. The molecule has 108 valence electrons. The SMILES string of the molecule is NC(=O)C1(O)CCCN(C(=O)c2ccc(F)cc2Br)C1. The normalized spacial score (nSPS) is 22.6. The van der Waals surface area contributed by atoms with Crippen LogP contribution in [0.2, 0.25) is 0 Å². The van der Waals surface area contributed by atoms with Crippen molar-refractivity contribution in [2.75, 3.05) is 13.1 Å². The molecule has 0 radical (unpaired) electrons. The van der Waals surface area contributed by atoms with Crippen molar-refractivity contribution in [3.05, 3.63) is 34.1 Å². The van der Waals surface area contributed by atoms with Gasteiger partial charge in [-0.25, -0.2) is 4.39 Å². The Morgan fingerprint density at radius 3 is 2.75 bits per heavy atom. The number of β-amino-alcohol motifs (C(OH)–C–C–N with tert-alkyl or cyclic N) is 1. The van der Waals surface area contributed by atoms with E-state index < -0.39 is 17.3 Å². The molecule has 1 aliphatic rings. The molecule has 1 heterocycles. The molecular formula is C13H14BrFN2O3. The number of likely N-dealkylation sites (tertiary alicyclic amines) is 1. The predicted molar refractivity (Wildman–Crippen MR) is 73.4 cm³/mol. The molecule has 2 rings (SSSR count). The zero-order chi connectivity index (χ0) is 14.9. The van der Waals surface area contributed by atoms with Crippen molar-refractivity contribution >= 4 is 27.7 Å². The minimum absolute atomic E-state index is 0.148. The molecule has 3 N–H and O–H groups in total. The highest BCUT2D eigenvalue weighted by Gasteiger charge is 2.40. The second-order valence-electron chi connectivity index (χ2n) is 4.85. The number of primary amides is 1. The van der Waals surface area contributed by atoms with Gasteiger partial charge in [-0.2, -0.15) is 0 Å². The average Bonchev–Trinajstić information content (AvgIpc) is 2.38. The lowest BCUT2D eigenvalue weighted by Gasteiger charge is -2.37. The Kier molecular flexibility index (Phi) is 4.10. The lowest BCUT2D eigenvalue weighted by molar-refractivity contribution is -0.140. The summed E-state index contributed by atoms with van der Waals surface area (Å²) in [5.41, 5.74) is 3.75. The average molecular weight is 345 g/mol. The van der Waals surface area contributed by atoms with Crippen molar-refractivity contribution in [3.63, 3.8) is 0 Å². The van der Waals surface area contributed by atoms with E-state index in [1.807, 2.05) is 0 Å². The maximum absolute atomic E-state index is 13.0. The van der Waals surface area contributed by atoms with Crippen LogP contribution in [0, 0.1) is 5.82 Å². The number of hydrogen-bond donors (Lipinski definition) is 2. The van der Waals surface area contributed by atoms with Crippen LogP contribution in [0.3, 0.4) is 0 Å². The summed E-state index contributed by atoms with van der Waals surface area (Å²) >= 11 is 3.13. The quantitative estimate of drug-likeness (QED) is 0.840. The zero-order valence-electron chi connectivity index (χ0n) is 10.6. The van der Waals surface area contributed by atoms with Crippen molar-refractivity contribution in [3.8, 4) is 0 Å². The van der Waals surface area contributed by atoms with Gasteiger partial charge in [0.15, 0.2) is 5.60 Å². The summed E-state index contributed by atoms with van der Waals surface area (Å²) in [5.74, 6) is -1.68. The number of amides is 2. The molecule has 1 aromatic carbocycles. The molecule has 1 fully saturated rings. The first-order chi connectivity index (χ1) is 9.33. The largest absolute Gasteiger partial charge is 0.378 e. The van der Waals surface area contributed by atoms with Crippen LogP contribution in [-0.2, 0) is 4.79 Å². The number of carbonyl (C=O) groups excluding carboxylic acids is 2. The van der Waals surface area contributed by atoms with Crippen molar-refractivity contribution in [1.29, 1.82) is 0 Å². The maximum atomic E-state index is 13.0. The fourth-order valence-electron chi connectivity index (χ4n) is 2.24. The molecule has 1 saturated heterocycles. The summed E-state index contributed by atoms with van der Waals surface area (Å²) in [5, 5.41) is 10.1. The third-order valence-electron chi connectivity index (χ3n) is 3.38. The minimum Gasteiger partial charge on any atom is -0.378 e. The third-order valence-corrected chi connectivity index (χ3v) is 4.03. The van der Waals surface area contributed by atoms with E-state index in [2.05, 4.69) is 15.9 Å². The molecule has 2 amide bonds. The molecule has 0 aliphatic carbocycles. The molecule has 1 aliphatic heterocycles. The Morgan fingerprint density at radius 1 is 1.45 bits per heavy atom. The van der Waals surface area contributed by atoms with Gasteiger partial charge in [0.2, 0.25) is 0 Å². The first-order valence-electron chi connectivity index (χ1n) is 6.10. The molecule has 0 spiro atoms. The van der Waals surface area contributed by atoms with Gasteiger partial charge in [-0.1, -0.05) is 0 Å². The highest BCUT2D eigenvalue weighted by atomic mass is 79.9. The zero-order valence-corrected chi connectivity index (χ0v) is 12.2. The van der Waals surface area contributed by atoms with Crippen LogP contribution in [0.5, 0.6) is 0 Å². The van der Waals surface area contributed by atoms with Crippen LogP contribution < -0.4 is 5.73 Å². The molecule has 20 heavy (non-hydrogen) atoms. The molecule has 1 atom stereocenters. The number of piperidine rings is 1. The van der Waals surface area contributed by atoms with Crippen LogP contribution in [0.4, 0.5) is 4.39 Å². The monoisotopic (exact) mass is 344 g/mol. The van der Waals surface area contributed by atoms with E-state index in [1.54, 1.807) is 0 Å².